The predicted octanol–water partition coefficient (Wildman–Crippen LogP) is 1.22. The van der Waals surface area contributed by atoms with Gasteiger partial charge in [0, 0.05) is 13.0 Å². The van der Waals surface area contributed by atoms with E-state index in [9.17, 15) is 4.79 Å². The Balaban J connectivity index is 1.75. The molecule has 0 amide bonds. The molecular weight excluding hydrogens is 288 g/mol. The lowest BCUT2D eigenvalue weighted by Gasteiger charge is -2.04. The minimum atomic E-state index is -0.0674. The SMILES string of the molecule is Cc1nsc2ncn(Cc3nc(C4CC4)nn3C)c(=O)c12. The fraction of sp³-hybridized carbons (Fsp3) is 0.462. The number of hydrogen-bond donors (Lipinski definition) is 0. The van der Waals surface area contributed by atoms with Crippen LogP contribution in [-0.2, 0) is 13.6 Å². The van der Waals surface area contributed by atoms with Crippen LogP contribution in [0.2, 0.25) is 0 Å². The molecule has 3 heterocycles. The lowest BCUT2D eigenvalue weighted by atomic mass is 10.3. The molecule has 0 bridgehead atoms. The van der Waals surface area contributed by atoms with E-state index in [0.29, 0.717) is 22.7 Å². The molecule has 7 nitrogen and oxygen atoms in total. The third-order valence-corrected chi connectivity index (χ3v) is 4.61. The molecule has 21 heavy (non-hydrogen) atoms. The van der Waals surface area contributed by atoms with Crippen LogP contribution in [0.4, 0.5) is 0 Å². The number of aryl methyl sites for hydroxylation is 2. The van der Waals surface area contributed by atoms with Crippen molar-refractivity contribution in [3.8, 4) is 0 Å². The first-order chi connectivity index (χ1) is 10.1. The Labute approximate surface area is 124 Å². The number of rotatable bonds is 3. The zero-order valence-electron chi connectivity index (χ0n) is 11.8. The maximum absolute atomic E-state index is 12.5. The van der Waals surface area contributed by atoms with Crippen molar-refractivity contribution in [2.24, 2.45) is 7.05 Å². The van der Waals surface area contributed by atoms with Crippen molar-refractivity contribution in [2.45, 2.75) is 32.2 Å². The second kappa shape index (κ2) is 4.45. The van der Waals surface area contributed by atoms with E-state index in [4.69, 9.17) is 0 Å². The van der Waals surface area contributed by atoms with E-state index in [1.54, 1.807) is 15.6 Å². The van der Waals surface area contributed by atoms with Gasteiger partial charge in [0.1, 0.15) is 5.82 Å². The summed E-state index contributed by atoms with van der Waals surface area (Å²) in [4.78, 5) is 22.1. The standard InChI is InChI=1S/C13H14N6OS/c1-7-10-12(21-17-7)14-6-19(13(10)20)5-9-15-11(8-3-4-8)16-18(9)2/h6,8H,3-5H2,1-2H3. The van der Waals surface area contributed by atoms with Gasteiger partial charge in [-0.3, -0.25) is 14.0 Å². The minimum Gasteiger partial charge on any atom is -0.291 e. The van der Waals surface area contributed by atoms with E-state index in [-0.39, 0.29) is 5.56 Å². The maximum atomic E-state index is 12.5. The quantitative estimate of drug-likeness (QED) is 0.727. The Morgan fingerprint density at radius 3 is 3.00 bits per heavy atom. The molecule has 108 valence electrons. The van der Waals surface area contributed by atoms with Crippen molar-refractivity contribution in [1.29, 1.82) is 0 Å². The Hall–Kier alpha value is -2.09. The molecule has 0 aliphatic heterocycles. The Bertz CT molecular complexity index is 888. The van der Waals surface area contributed by atoms with E-state index in [0.717, 1.165) is 30.2 Å². The number of nitrogens with zero attached hydrogens (tertiary/aromatic N) is 6. The van der Waals surface area contributed by atoms with E-state index in [1.165, 1.54) is 11.5 Å². The van der Waals surface area contributed by atoms with Gasteiger partial charge in [-0.15, -0.1) is 0 Å². The molecule has 0 saturated heterocycles. The second-order valence-corrected chi connectivity index (χ2v) is 6.16. The van der Waals surface area contributed by atoms with Crippen LogP contribution in [0.1, 0.15) is 36.1 Å². The molecule has 0 unspecified atom stereocenters. The van der Waals surface area contributed by atoms with Crippen LogP contribution in [-0.4, -0.2) is 28.7 Å². The minimum absolute atomic E-state index is 0.0674. The van der Waals surface area contributed by atoms with Crippen LogP contribution in [0.3, 0.4) is 0 Å². The molecule has 3 aromatic heterocycles. The molecule has 4 rings (SSSR count). The molecule has 1 saturated carbocycles. The van der Waals surface area contributed by atoms with E-state index < -0.39 is 0 Å². The summed E-state index contributed by atoms with van der Waals surface area (Å²) in [7, 11) is 1.86. The van der Waals surface area contributed by atoms with Gasteiger partial charge in [0.25, 0.3) is 5.56 Å². The average molecular weight is 302 g/mol. The van der Waals surface area contributed by atoms with E-state index >= 15 is 0 Å². The predicted molar refractivity (Wildman–Crippen MR) is 78.5 cm³/mol. The van der Waals surface area contributed by atoms with Crippen molar-refractivity contribution in [3.63, 3.8) is 0 Å². The summed E-state index contributed by atoms with van der Waals surface area (Å²) in [6.45, 7) is 2.22. The van der Waals surface area contributed by atoms with Gasteiger partial charge in [0.2, 0.25) is 0 Å². The normalized spacial score (nSPS) is 15.0. The van der Waals surface area contributed by atoms with Crippen LogP contribution in [0, 0.1) is 6.92 Å². The summed E-state index contributed by atoms with van der Waals surface area (Å²) in [5, 5.41) is 5.03. The lowest BCUT2D eigenvalue weighted by Crippen LogP contribution is -2.22. The summed E-state index contributed by atoms with van der Waals surface area (Å²) >= 11 is 1.25. The summed E-state index contributed by atoms with van der Waals surface area (Å²) in [5.74, 6) is 2.18. The smallest absolute Gasteiger partial charge is 0.264 e. The van der Waals surface area contributed by atoms with Crippen molar-refractivity contribution >= 4 is 21.7 Å². The van der Waals surface area contributed by atoms with Crippen LogP contribution in [0.15, 0.2) is 11.1 Å². The maximum Gasteiger partial charge on any atom is 0.264 e. The summed E-state index contributed by atoms with van der Waals surface area (Å²) < 4.78 is 7.52. The molecule has 0 radical (unpaired) electrons. The van der Waals surface area contributed by atoms with Crippen LogP contribution in [0.5, 0.6) is 0 Å². The Morgan fingerprint density at radius 2 is 2.24 bits per heavy atom. The lowest BCUT2D eigenvalue weighted by molar-refractivity contribution is 0.636. The molecule has 0 atom stereocenters. The summed E-state index contributed by atoms with van der Waals surface area (Å²) in [6, 6.07) is 0. The fourth-order valence-electron chi connectivity index (χ4n) is 2.37. The first-order valence-corrected chi connectivity index (χ1v) is 7.62. The van der Waals surface area contributed by atoms with Gasteiger partial charge in [-0.05, 0) is 31.3 Å². The monoisotopic (exact) mass is 302 g/mol. The third-order valence-electron chi connectivity index (χ3n) is 3.76. The van der Waals surface area contributed by atoms with Crippen LogP contribution in [0.25, 0.3) is 10.2 Å². The highest BCUT2D eigenvalue weighted by molar-refractivity contribution is 7.12. The summed E-state index contributed by atoms with van der Waals surface area (Å²) in [6.07, 6.45) is 3.89. The third kappa shape index (κ3) is 2.06. The van der Waals surface area contributed by atoms with Gasteiger partial charge in [0.15, 0.2) is 10.7 Å². The number of aromatic nitrogens is 6. The van der Waals surface area contributed by atoms with Crippen molar-refractivity contribution in [1.82, 2.24) is 28.7 Å². The number of fused-ring (bicyclic) bond motifs is 1. The zero-order valence-corrected chi connectivity index (χ0v) is 12.6. The van der Waals surface area contributed by atoms with Gasteiger partial charge in [-0.1, -0.05) is 0 Å². The molecule has 1 aliphatic rings. The Morgan fingerprint density at radius 1 is 1.43 bits per heavy atom. The highest BCUT2D eigenvalue weighted by Crippen LogP contribution is 2.38. The van der Waals surface area contributed by atoms with Crippen LogP contribution >= 0.6 is 11.5 Å². The molecule has 8 heteroatoms. The van der Waals surface area contributed by atoms with Crippen LogP contribution < -0.4 is 5.56 Å². The van der Waals surface area contributed by atoms with Gasteiger partial charge in [-0.2, -0.15) is 9.47 Å². The molecule has 0 N–H and O–H groups in total. The largest absolute Gasteiger partial charge is 0.291 e. The first-order valence-electron chi connectivity index (χ1n) is 6.84. The zero-order chi connectivity index (χ0) is 14.6. The van der Waals surface area contributed by atoms with Gasteiger partial charge in [0.05, 0.1) is 24.0 Å². The molecule has 3 aromatic rings. The second-order valence-electron chi connectivity index (χ2n) is 5.41. The van der Waals surface area contributed by atoms with Gasteiger partial charge >= 0.3 is 0 Å². The van der Waals surface area contributed by atoms with E-state index in [1.807, 2.05) is 14.0 Å². The molecule has 1 aliphatic carbocycles. The number of hydrogen-bond acceptors (Lipinski definition) is 6. The van der Waals surface area contributed by atoms with E-state index in [2.05, 4.69) is 19.4 Å². The van der Waals surface area contributed by atoms with Gasteiger partial charge in [-0.25, -0.2) is 9.97 Å². The highest BCUT2D eigenvalue weighted by Gasteiger charge is 2.28. The Kier molecular flexibility index (Phi) is 2.68. The molecular formula is C13H14N6OS. The van der Waals surface area contributed by atoms with Crippen molar-refractivity contribution in [3.05, 3.63) is 34.0 Å². The first kappa shape index (κ1) is 12.6. The molecule has 0 aromatic carbocycles. The van der Waals surface area contributed by atoms with Crippen molar-refractivity contribution < 1.29 is 0 Å². The topological polar surface area (TPSA) is 78.5 Å². The molecule has 1 fully saturated rings. The highest BCUT2D eigenvalue weighted by atomic mass is 32.1. The fourth-order valence-corrected chi connectivity index (χ4v) is 3.10. The van der Waals surface area contributed by atoms with Crippen molar-refractivity contribution in [2.75, 3.05) is 0 Å². The molecule has 0 spiro atoms. The van der Waals surface area contributed by atoms with Gasteiger partial charge < -0.3 is 0 Å². The summed E-state index contributed by atoms with van der Waals surface area (Å²) in [5.41, 5.74) is 0.667. The average Bonchev–Trinajstić information content (AvgIpc) is 3.15.